The van der Waals surface area contributed by atoms with Gasteiger partial charge in [0.05, 0.1) is 6.61 Å². The molecule has 0 aliphatic heterocycles. The summed E-state index contributed by atoms with van der Waals surface area (Å²) in [6, 6.07) is -1.45. The molecule has 0 aromatic rings. The van der Waals surface area contributed by atoms with Crippen LogP contribution in [0.15, 0.2) is 0 Å². The van der Waals surface area contributed by atoms with E-state index in [2.05, 4.69) is 5.32 Å². The van der Waals surface area contributed by atoms with E-state index >= 15 is 0 Å². The highest BCUT2D eigenvalue weighted by molar-refractivity contribution is 7.98. The van der Waals surface area contributed by atoms with E-state index in [0.29, 0.717) is 12.2 Å². The van der Waals surface area contributed by atoms with Crippen LogP contribution in [0.3, 0.4) is 0 Å². The first-order valence-corrected chi connectivity index (χ1v) is 8.33. The van der Waals surface area contributed by atoms with Crippen molar-refractivity contribution >= 4 is 29.7 Å². The van der Waals surface area contributed by atoms with Gasteiger partial charge in [-0.15, -0.1) is 0 Å². The number of carbonyl (C=O) groups excluding carboxylic acids is 2. The molecule has 1 aliphatic rings. The third-order valence-corrected chi connectivity index (χ3v) is 3.70. The minimum Gasteiger partial charge on any atom is -0.480 e. The Kier molecular flexibility index (Phi) is 7.35. The summed E-state index contributed by atoms with van der Waals surface area (Å²) in [6.07, 6.45) is 3.88. The second kappa shape index (κ2) is 8.76. The number of amides is 2. The number of urea groups is 1. The number of carboxylic acids is 1. The molecular formula is C13H22N2O5S. The average Bonchev–Trinajstić information content (AvgIpc) is 3.25. The molecule has 1 aliphatic carbocycles. The number of carboxylic acid groups (broad SMARTS) is 1. The van der Waals surface area contributed by atoms with Crippen molar-refractivity contribution in [3.63, 3.8) is 0 Å². The summed E-state index contributed by atoms with van der Waals surface area (Å²) in [7, 11) is 0. The standard InChI is InChI=1S/C13H22N2O5S/c1-3-20-11(16)8-15(9-4-5-9)13(19)14-10(12(17)18)6-7-21-2/h9-10H,3-8H2,1-2H3,(H,14,19)(H,17,18)/t10-/m0/s1. The van der Waals surface area contributed by atoms with Crippen LogP contribution in [0.25, 0.3) is 0 Å². The number of hydrogen-bond acceptors (Lipinski definition) is 5. The van der Waals surface area contributed by atoms with Gasteiger partial charge in [-0.3, -0.25) is 4.79 Å². The van der Waals surface area contributed by atoms with E-state index in [1.54, 1.807) is 6.92 Å². The minimum atomic E-state index is -1.07. The number of carbonyl (C=O) groups is 3. The lowest BCUT2D eigenvalue weighted by molar-refractivity contribution is -0.143. The van der Waals surface area contributed by atoms with Crippen LogP contribution in [0.1, 0.15) is 26.2 Å². The summed E-state index contributed by atoms with van der Waals surface area (Å²) in [6.45, 7) is 1.81. The summed E-state index contributed by atoms with van der Waals surface area (Å²) in [5.74, 6) is -0.904. The molecule has 0 unspecified atom stereocenters. The number of nitrogens with zero attached hydrogens (tertiary/aromatic N) is 1. The van der Waals surface area contributed by atoms with E-state index in [-0.39, 0.29) is 19.2 Å². The Morgan fingerprint density at radius 3 is 2.57 bits per heavy atom. The van der Waals surface area contributed by atoms with Crippen LogP contribution in [0.4, 0.5) is 4.79 Å². The quantitative estimate of drug-likeness (QED) is 0.614. The van der Waals surface area contributed by atoms with Crippen LogP contribution >= 0.6 is 11.8 Å². The van der Waals surface area contributed by atoms with Crippen molar-refractivity contribution in [2.75, 3.05) is 25.2 Å². The fraction of sp³-hybridized carbons (Fsp3) is 0.769. The van der Waals surface area contributed by atoms with Crippen LogP contribution < -0.4 is 5.32 Å². The van der Waals surface area contributed by atoms with Crippen molar-refractivity contribution < 1.29 is 24.2 Å². The number of ether oxygens (including phenoxy) is 1. The zero-order valence-corrected chi connectivity index (χ0v) is 13.1. The Morgan fingerprint density at radius 2 is 2.10 bits per heavy atom. The summed E-state index contributed by atoms with van der Waals surface area (Å²) in [5.41, 5.74) is 0. The van der Waals surface area contributed by atoms with Gasteiger partial charge in [0, 0.05) is 6.04 Å². The molecule has 0 saturated heterocycles. The van der Waals surface area contributed by atoms with Gasteiger partial charge in [0.25, 0.3) is 0 Å². The largest absolute Gasteiger partial charge is 0.480 e. The monoisotopic (exact) mass is 318 g/mol. The summed E-state index contributed by atoms with van der Waals surface area (Å²) >= 11 is 1.52. The van der Waals surface area contributed by atoms with Crippen LogP contribution in [0.2, 0.25) is 0 Å². The molecule has 1 saturated carbocycles. The first kappa shape index (κ1) is 17.6. The third-order valence-electron chi connectivity index (χ3n) is 3.06. The molecule has 1 fully saturated rings. The van der Waals surface area contributed by atoms with Gasteiger partial charge < -0.3 is 20.1 Å². The zero-order valence-electron chi connectivity index (χ0n) is 12.3. The first-order chi connectivity index (χ1) is 9.99. The lowest BCUT2D eigenvalue weighted by Crippen LogP contribution is -2.50. The zero-order chi connectivity index (χ0) is 15.8. The highest BCUT2D eigenvalue weighted by atomic mass is 32.2. The van der Waals surface area contributed by atoms with E-state index in [1.807, 2.05) is 6.26 Å². The molecule has 2 amide bonds. The van der Waals surface area contributed by atoms with Crippen LogP contribution in [-0.2, 0) is 14.3 Å². The van der Waals surface area contributed by atoms with Gasteiger partial charge >= 0.3 is 18.0 Å². The maximum absolute atomic E-state index is 12.2. The molecule has 0 aromatic carbocycles. The topological polar surface area (TPSA) is 95.9 Å². The number of hydrogen-bond donors (Lipinski definition) is 2. The van der Waals surface area contributed by atoms with Crippen molar-refractivity contribution in [2.45, 2.75) is 38.3 Å². The lowest BCUT2D eigenvalue weighted by atomic mass is 10.2. The molecule has 120 valence electrons. The first-order valence-electron chi connectivity index (χ1n) is 6.94. The van der Waals surface area contributed by atoms with Crippen molar-refractivity contribution in [3.05, 3.63) is 0 Å². The molecule has 0 spiro atoms. The smallest absolute Gasteiger partial charge is 0.326 e. The maximum Gasteiger partial charge on any atom is 0.326 e. The second-order valence-corrected chi connectivity index (χ2v) is 5.77. The van der Waals surface area contributed by atoms with Crippen LogP contribution in [0, 0.1) is 0 Å². The van der Waals surface area contributed by atoms with Gasteiger partial charge in [-0.05, 0) is 38.2 Å². The molecule has 0 heterocycles. The van der Waals surface area contributed by atoms with Crippen LogP contribution in [0.5, 0.6) is 0 Å². The Balaban J connectivity index is 2.58. The Labute approximate surface area is 128 Å². The fourth-order valence-corrected chi connectivity index (χ4v) is 2.30. The molecule has 7 nitrogen and oxygen atoms in total. The molecule has 21 heavy (non-hydrogen) atoms. The molecule has 0 radical (unpaired) electrons. The Morgan fingerprint density at radius 1 is 1.43 bits per heavy atom. The third kappa shape index (κ3) is 6.24. The molecule has 0 aromatic heterocycles. The average molecular weight is 318 g/mol. The van der Waals surface area contributed by atoms with E-state index in [9.17, 15) is 14.4 Å². The normalized spacial score (nSPS) is 15.1. The number of nitrogens with one attached hydrogen (secondary N) is 1. The highest BCUT2D eigenvalue weighted by Crippen LogP contribution is 2.26. The van der Waals surface area contributed by atoms with Gasteiger partial charge in [-0.2, -0.15) is 11.8 Å². The minimum absolute atomic E-state index is 0.00408. The van der Waals surface area contributed by atoms with Gasteiger partial charge in [-0.1, -0.05) is 0 Å². The predicted octanol–water partition coefficient (Wildman–Crippen LogP) is 0.930. The van der Waals surface area contributed by atoms with E-state index < -0.39 is 24.0 Å². The van der Waals surface area contributed by atoms with E-state index in [0.717, 1.165) is 12.8 Å². The van der Waals surface area contributed by atoms with Gasteiger partial charge in [0.2, 0.25) is 0 Å². The molecule has 1 rings (SSSR count). The van der Waals surface area contributed by atoms with Gasteiger partial charge in [-0.25, -0.2) is 9.59 Å². The van der Waals surface area contributed by atoms with Crippen molar-refractivity contribution in [1.82, 2.24) is 10.2 Å². The Hall–Kier alpha value is -1.44. The second-order valence-electron chi connectivity index (χ2n) is 4.79. The molecule has 0 bridgehead atoms. The molecule has 1 atom stereocenters. The van der Waals surface area contributed by atoms with Crippen molar-refractivity contribution in [3.8, 4) is 0 Å². The fourth-order valence-electron chi connectivity index (χ4n) is 1.82. The van der Waals surface area contributed by atoms with Gasteiger partial charge in [0.15, 0.2) is 0 Å². The predicted molar refractivity (Wildman–Crippen MR) is 79.3 cm³/mol. The molecular weight excluding hydrogens is 296 g/mol. The van der Waals surface area contributed by atoms with Crippen molar-refractivity contribution in [1.29, 1.82) is 0 Å². The lowest BCUT2D eigenvalue weighted by Gasteiger charge is -2.24. The Bertz CT molecular complexity index is 387. The molecule has 8 heteroatoms. The van der Waals surface area contributed by atoms with E-state index in [1.165, 1.54) is 16.7 Å². The SMILES string of the molecule is CCOC(=O)CN(C(=O)N[C@@H](CCSC)C(=O)O)C1CC1. The number of rotatable bonds is 9. The molecule has 2 N–H and O–H groups in total. The maximum atomic E-state index is 12.2. The summed E-state index contributed by atoms with van der Waals surface area (Å²) in [4.78, 5) is 36.2. The number of esters is 1. The summed E-state index contributed by atoms with van der Waals surface area (Å²) in [5, 5.41) is 11.6. The van der Waals surface area contributed by atoms with Crippen molar-refractivity contribution in [2.24, 2.45) is 0 Å². The van der Waals surface area contributed by atoms with Crippen LogP contribution in [-0.4, -0.2) is 65.2 Å². The van der Waals surface area contributed by atoms with Gasteiger partial charge in [0.1, 0.15) is 12.6 Å². The number of aliphatic carboxylic acids is 1. The summed E-state index contributed by atoms with van der Waals surface area (Å²) < 4.78 is 4.84. The number of thioether (sulfide) groups is 1. The van der Waals surface area contributed by atoms with E-state index in [4.69, 9.17) is 9.84 Å². The highest BCUT2D eigenvalue weighted by Gasteiger charge is 2.35.